The van der Waals surface area contributed by atoms with E-state index in [1.54, 1.807) is 13.0 Å². The number of benzene rings is 1. The van der Waals surface area contributed by atoms with E-state index < -0.39 is 5.97 Å². The van der Waals surface area contributed by atoms with Gasteiger partial charge >= 0.3 is 5.97 Å². The number of nitrogen functional groups attached to an aromatic ring is 2. The molecule has 1 heterocycles. The number of carbonyl (C=O) groups is 1. The van der Waals surface area contributed by atoms with Crippen molar-refractivity contribution in [3.8, 4) is 0 Å². The van der Waals surface area contributed by atoms with Crippen LogP contribution in [0.1, 0.15) is 17.3 Å². The third-order valence-electron chi connectivity index (χ3n) is 2.12. The molecule has 6 heteroatoms. The number of aromatic amines is 1. The minimum absolute atomic E-state index is 0.242. The van der Waals surface area contributed by atoms with Gasteiger partial charge in [-0.05, 0) is 19.1 Å². The van der Waals surface area contributed by atoms with Crippen molar-refractivity contribution < 1.29 is 9.53 Å². The Bertz CT molecular complexity index is 547. The molecule has 0 aliphatic rings. The molecule has 1 aromatic heterocycles. The Labute approximate surface area is 91.6 Å². The highest BCUT2D eigenvalue weighted by atomic mass is 16.5. The number of nitrogens with one attached hydrogen (secondary N) is 1. The van der Waals surface area contributed by atoms with Gasteiger partial charge < -0.3 is 21.2 Å². The van der Waals surface area contributed by atoms with Gasteiger partial charge in [-0.3, -0.25) is 0 Å². The van der Waals surface area contributed by atoms with E-state index in [4.69, 9.17) is 16.2 Å². The normalized spacial score (nSPS) is 10.6. The molecule has 5 N–H and O–H groups in total. The molecule has 0 spiro atoms. The fraction of sp³-hybridized carbons (Fsp3) is 0.200. The average molecular weight is 220 g/mol. The molecule has 0 atom stereocenters. The molecular weight excluding hydrogens is 208 g/mol. The summed E-state index contributed by atoms with van der Waals surface area (Å²) in [5.41, 5.74) is 13.1. The van der Waals surface area contributed by atoms with E-state index in [2.05, 4.69) is 9.97 Å². The van der Waals surface area contributed by atoms with Crippen molar-refractivity contribution in [3.63, 3.8) is 0 Å². The molecule has 0 unspecified atom stereocenters. The van der Waals surface area contributed by atoms with Gasteiger partial charge in [-0.2, -0.15) is 0 Å². The number of hydrogen-bond acceptors (Lipinski definition) is 5. The van der Waals surface area contributed by atoms with Crippen LogP contribution in [0.25, 0.3) is 11.0 Å². The highest BCUT2D eigenvalue weighted by molar-refractivity contribution is 6.03. The number of nitrogens with two attached hydrogens (primary N) is 2. The topological polar surface area (TPSA) is 107 Å². The molecule has 0 amide bonds. The minimum Gasteiger partial charge on any atom is -0.462 e. The number of anilines is 2. The lowest BCUT2D eigenvalue weighted by Gasteiger charge is -2.03. The Morgan fingerprint density at radius 3 is 2.94 bits per heavy atom. The maximum atomic E-state index is 11.6. The van der Waals surface area contributed by atoms with Crippen LogP contribution in [0, 0.1) is 0 Å². The number of fused-ring (bicyclic) bond motifs is 1. The first-order chi connectivity index (χ1) is 7.61. The van der Waals surface area contributed by atoms with E-state index in [0.29, 0.717) is 28.9 Å². The molecule has 0 radical (unpaired) electrons. The lowest BCUT2D eigenvalue weighted by Crippen LogP contribution is -2.06. The van der Waals surface area contributed by atoms with E-state index in [1.165, 1.54) is 6.07 Å². The van der Waals surface area contributed by atoms with Crippen LogP contribution in [0.15, 0.2) is 12.1 Å². The van der Waals surface area contributed by atoms with E-state index in [9.17, 15) is 4.79 Å². The Kier molecular flexibility index (Phi) is 2.40. The number of esters is 1. The minimum atomic E-state index is -0.452. The molecule has 0 aliphatic carbocycles. The van der Waals surface area contributed by atoms with Gasteiger partial charge in [-0.25, -0.2) is 9.78 Å². The highest BCUT2D eigenvalue weighted by Crippen LogP contribution is 2.22. The lowest BCUT2D eigenvalue weighted by atomic mass is 10.1. The fourth-order valence-corrected chi connectivity index (χ4v) is 1.52. The van der Waals surface area contributed by atoms with Crippen LogP contribution >= 0.6 is 0 Å². The van der Waals surface area contributed by atoms with Gasteiger partial charge in [0.25, 0.3) is 0 Å². The smallest absolute Gasteiger partial charge is 0.340 e. The molecule has 0 saturated carbocycles. The first-order valence-electron chi connectivity index (χ1n) is 4.83. The number of aromatic nitrogens is 2. The third-order valence-corrected chi connectivity index (χ3v) is 2.12. The monoisotopic (exact) mass is 220 g/mol. The SMILES string of the molecule is CCOC(=O)c1cc(N)cc2[nH]c(N)nc12. The van der Waals surface area contributed by atoms with Crippen molar-refractivity contribution >= 4 is 28.6 Å². The Morgan fingerprint density at radius 2 is 2.25 bits per heavy atom. The quantitative estimate of drug-likeness (QED) is 0.515. The number of hydrogen-bond donors (Lipinski definition) is 3. The van der Waals surface area contributed by atoms with Crippen molar-refractivity contribution in [2.24, 2.45) is 0 Å². The zero-order chi connectivity index (χ0) is 11.7. The Morgan fingerprint density at radius 1 is 1.50 bits per heavy atom. The zero-order valence-electron chi connectivity index (χ0n) is 8.78. The number of H-pyrrole nitrogens is 1. The molecule has 2 rings (SSSR count). The summed E-state index contributed by atoms with van der Waals surface area (Å²) in [4.78, 5) is 18.5. The van der Waals surface area contributed by atoms with E-state index in [-0.39, 0.29) is 5.95 Å². The number of carbonyl (C=O) groups excluding carboxylic acids is 1. The average Bonchev–Trinajstić information content (AvgIpc) is 2.57. The summed E-state index contributed by atoms with van der Waals surface area (Å²) in [7, 11) is 0. The summed E-state index contributed by atoms with van der Waals surface area (Å²) >= 11 is 0. The van der Waals surface area contributed by atoms with Crippen LogP contribution in [0.2, 0.25) is 0 Å². The summed E-state index contributed by atoms with van der Waals surface area (Å²) in [6, 6.07) is 3.20. The maximum absolute atomic E-state index is 11.6. The number of rotatable bonds is 2. The van der Waals surface area contributed by atoms with Crippen molar-refractivity contribution in [1.29, 1.82) is 0 Å². The van der Waals surface area contributed by atoms with Gasteiger partial charge in [0.15, 0.2) is 5.95 Å². The molecule has 16 heavy (non-hydrogen) atoms. The number of ether oxygens (including phenoxy) is 1. The fourth-order valence-electron chi connectivity index (χ4n) is 1.52. The van der Waals surface area contributed by atoms with Crippen LogP contribution < -0.4 is 11.5 Å². The standard InChI is InChI=1S/C10H12N4O2/c1-2-16-9(15)6-3-5(11)4-7-8(6)14-10(12)13-7/h3-4H,2,11H2,1H3,(H3,12,13,14). The van der Waals surface area contributed by atoms with Crippen LogP contribution in [-0.4, -0.2) is 22.5 Å². The summed E-state index contributed by atoms with van der Waals surface area (Å²) in [6.07, 6.45) is 0. The molecule has 84 valence electrons. The molecule has 0 bridgehead atoms. The van der Waals surface area contributed by atoms with E-state index >= 15 is 0 Å². The highest BCUT2D eigenvalue weighted by Gasteiger charge is 2.15. The van der Waals surface area contributed by atoms with Crippen LogP contribution in [-0.2, 0) is 4.74 Å². The molecule has 0 aliphatic heterocycles. The third kappa shape index (κ3) is 1.65. The summed E-state index contributed by atoms with van der Waals surface area (Å²) in [6.45, 7) is 2.04. The maximum Gasteiger partial charge on any atom is 0.340 e. The van der Waals surface area contributed by atoms with Gasteiger partial charge in [0.1, 0.15) is 5.52 Å². The largest absolute Gasteiger partial charge is 0.462 e. The van der Waals surface area contributed by atoms with Gasteiger partial charge in [0, 0.05) is 5.69 Å². The van der Waals surface area contributed by atoms with Gasteiger partial charge in [0.05, 0.1) is 17.7 Å². The second kappa shape index (κ2) is 3.73. The van der Waals surface area contributed by atoms with Crippen molar-refractivity contribution in [2.45, 2.75) is 6.92 Å². The van der Waals surface area contributed by atoms with E-state index in [1.807, 2.05) is 0 Å². The van der Waals surface area contributed by atoms with E-state index in [0.717, 1.165) is 0 Å². The lowest BCUT2D eigenvalue weighted by molar-refractivity contribution is 0.0528. The Balaban J connectivity index is 2.62. The van der Waals surface area contributed by atoms with Crippen LogP contribution in [0.3, 0.4) is 0 Å². The van der Waals surface area contributed by atoms with Crippen molar-refractivity contribution in [3.05, 3.63) is 17.7 Å². The van der Waals surface area contributed by atoms with Crippen LogP contribution in [0.5, 0.6) is 0 Å². The van der Waals surface area contributed by atoms with Crippen molar-refractivity contribution in [1.82, 2.24) is 9.97 Å². The molecular formula is C10H12N4O2. The predicted molar refractivity (Wildman–Crippen MR) is 60.9 cm³/mol. The molecule has 0 saturated heterocycles. The zero-order valence-corrected chi connectivity index (χ0v) is 8.78. The van der Waals surface area contributed by atoms with Gasteiger partial charge in [-0.15, -0.1) is 0 Å². The second-order valence-corrected chi connectivity index (χ2v) is 3.31. The predicted octanol–water partition coefficient (Wildman–Crippen LogP) is 0.904. The summed E-state index contributed by atoms with van der Waals surface area (Å²) < 4.78 is 4.91. The molecule has 1 aromatic carbocycles. The summed E-state index contributed by atoms with van der Waals surface area (Å²) in [5.74, 6) is -0.211. The van der Waals surface area contributed by atoms with Gasteiger partial charge in [-0.1, -0.05) is 0 Å². The molecule has 2 aromatic rings. The molecule has 0 fully saturated rings. The Hall–Kier alpha value is -2.24. The number of nitrogens with zero attached hydrogens (tertiary/aromatic N) is 1. The van der Waals surface area contributed by atoms with Gasteiger partial charge in [0.2, 0.25) is 0 Å². The van der Waals surface area contributed by atoms with Crippen molar-refractivity contribution in [2.75, 3.05) is 18.1 Å². The molecule has 6 nitrogen and oxygen atoms in total. The second-order valence-electron chi connectivity index (χ2n) is 3.31. The first-order valence-corrected chi connectivity index (χ1v) is 4.83. The number of imidazole rings is 1. The van der Waals surface area contributed by atoms with Crippen LogP contribution in [0.4, 0.5) is 11.6 Å². The first kappa shape index (κ1) is 10.3. The summed E-state index contributed by atoms with van der Waals surface area (Å²) in [5, 5.41) is 0.